The first-order valence-corrected chi connectivity index (χ1v) is 5.58. The molecular weight excluding hydrogens is 210 g/mol. The molecule has 0 amide bonds. The predicted molar refractivity (Wildman–Crippen MR) is 69.7 cm³/mol. The van der Waals surface area contributed by atoms with E-state index in [4.69, 9.17) is 5.73 Å². The molecule has 84 valence electrons. The molecule has 1 aromatic carbocycles. The maximum absolute atomic E-state index is 6.01. The number of anilines is 1. The summed E-state index contributed by atoms with van der Waals surface area (Å²) >= 11 is 0. The average Bonchev–Trinajstić information content (AvgIpc) is 2.75. The van der Waals surface area contributed by atoms with Crippen LogP contribution in [0.3, 0.4) is 0 Å². The number of benzene rings is 1. The van der Waals surface area contributed by atoms with Crippen LogP contribution < -0.4 is 5.73 Å². The highest BCUT2D eigenvalue weighted by Gasteiger charge is 2.04. The highest BCUT2D eigenvalue weighted by atomic mass is 15.0. The van der Waals surface area contributed by atoms with Crippen molar-refractivity contribution in [1.82, 2.24) is 9.55 Å². The molecule has 0 aliphatic carbocycles. The minimum Gasteiger partial charge on any atom is -0.397 e. The fraction of sp³-hybridized carbons (Fsp3) is 0.0714. The smallest absolute Gasteiger partial charge is 0.0717 e. The quantitative estimate of drug-likeness (QED) is 0.679. The van der Waals surface area contributed by atoms with E-state index in [-0.39, 0.29) is 0 Å². The zero-order valence-corrected chi connectivity index (χ0v) is 9.38. The van der Waals surface area contributed by atoms with Crippen LogP contribution >= 0.6 is 0 Å². The van der Waals surface area contributed by atoms with Crippen LogP contribution in [0.15, 0.2) is 54.9 Å². The summed E-state index contributed by atoms with van der Waals surface area (Å²) < 4.78 is 2.13. The van der Waals surface area contributed by atoms with Crippen molar-refractivity contribution in [2.45, 2.75) is 6.54 Å². The Balaban J connectivity index is 2.07. The lowest BCUT2D eigenvalue weighted by atomic mass is 10.2. The van der Waals surface area contributed by atoms with Gasteiger partial charge in [0.25, 0.3) is 0 Å². The molecule has 0 aliphatic heterocycles. The summed E-state index contributed by atoms with van der Waals surface area (Å²) in [5, 5.41) is 1.17. The summed E-state index contributed by atoms with van der Waals surface area (Å²) in [6.45, 7) is 0.749. The molecule has 17 heavy (non-hydrogen) atoms. The molecule has 0 unspecified atom stereocenters. The Kier molecular flexibility index (Phi) is 2.29. The molecule has 0 saturated carbocycles. The monoisotopic (exact) mass is 223 g/mol. The van der Waals surface area contributed by atoms with Crippen molar-refractivity contribution in [2.75, 3.05) is 5.73 Å². The number of nitrogens with two attached hydrogens (primary N) is 1. The summed E-state index contributed by atoms with van der Waals surface area (Å²) in [4.78, 5) is 4.33. The van der Waals surface area contributed by atoms with E-state index in [1.807, 2.05) is 36.5 Å². The molecule has 3 aromatic rings. The number of nitrogens with zero attached hydrogens (tertiary/aromatic N) is 2. The Morgan fingerprint density at radius 2 is 2.00 bits per heavy atom. The number of nitrogen functional groups attached to an aromatic ring is 1. The lowest BCUT2D eigenvalue weighted by Crippen LogP contribution is -2.01. The molecular formula is C14H13N3. The minimum atomic E-state index is 0.749. The van der Waals surface area contributed by atoms with Crippen molar-refractivity contribution in [3.63, 3.8) is 0 Å². The van der Waals surface area contributed by atoms with Crippen LogP contribution in [0.2, 0.25) is 0 Å². The molecule has 3 rings (SSSR count). The average molecular weight is 223 g/mol. The van der Waals surface area contributed by atoms with Crippen molar-refractivity contribution in [1.29, 1.82) is 0 Å². The number of rotatable bonds is 2. The fourth-order valence-electron chi connectivity index (χ4n) is 2.09. The molecule has 0 radical (unpaired) electrons. The molecule has 2 N–H and O–H groups in total. The van der Waals surface area contributed by atoms with Gasteiger partial charge in [0.05, 0.1) is 23.4 Å². The first-order chi connectivity index (χ1) is 8.34. The topological polar surface area (TPSA) is 43.8 Å². The lowest BCUT2D eigenvalue weighted by molar-refractivity contribution is 0.808. The van der Waals surface area contributed by atoms with E-state index in [0.29, 0.717) is 0 Å². The van der Waals surface area contributed by atoms with Crippen molar-refractivity contribution < 1.29 is 0 Å². The number of para-hydroxylation sites is 1. The number of pyridine rings is 1. The first-order valence-electron chi connectivity index (χ1n) is 5.58. The minimum absolute atomic E-state index is 0.749. The summed E-state index contributed by atoms with van der Waals surface area (Å²) in [6.07, 6.45) is 3.86. The SMILES string of the molecule is Nc1cccc2ccn(Cc3ccccn3)c12. The second-order valence-electron chi connectivity index (χ2n) is 4.05. The molecule has 0 aliphatic rings. The van der Waals surface area contributed by atoms with E-state index in [1.54, 1.807) is 0 Å². The molecule has 3 nitrogen and oxygen atoms in total. The van der Waals surface area contributed by atoms with Crippen molar-refractivity contribution in [2.24, 2.45) is 0 Å². The maximum Gasteiger partial charge on any atom is 0.0717 e. The van der Waals surface area contributed by atoms with Gasteiger partial charge in [0.2, 0.25) is 0 Å². The van der Waals surface area contributed by atoms with Crippen LogP contribution in [-0.4, -0.2) is 9.55 Å². The molecule has 0 saturated heterocycles. The van der Waals surface area contributed by atoms with Crippen LogP contribution in [0.4, 0.5) is 5.69 Å². The Labute approximate surface area is 99.5 Å². The molecule has 0 bridgehead atoms. The lowest BCUT2D eigenvalue weighted by Gasteiger charge is -2.06. The third-order valence-corrected chi connectivity index (χ3v) is 2.88. The molecule has 0 fully saturated rings. The Hall–Kier alpha value is -2.29. The van der Waals surface area contributed by atoms with Crippen molar-refractivity contribution >= 4 is 16.6 Å². The van der Waals surface area contributed by atoms with Gasteiger partial charge in [-0.15, -0.1) is 0 Å². The summed E-state index contributed by atoms with van der Waals surface area (Å²) in [5.74, 6) is 0. The number of fused-ring (bicyclic) bond motifs is 1. The van der Waals surface area contributed by atoms with Gasteiger partial charge in [-0.25, -0.2) is 0 Å². The fourth-order valence-corrected chi connectivity index (χ4v) is 2.09. The van der Waals surface area contributed by atoms with E-state index in [9.17, 15) is 0 Å². The largest absolute Gasteiger partial charge is 0.397 e. The third kappa shape index (κ3) is 1.76. The predicted octanol–water partition coefficient (Wildman–Crippen LogP) is 2.67. The van der Waals surface area contributed by atoms with Gasteiger partial charge in [-0.3, -0.25) is 4.98 Å². The Morgan fingerprint density at radius 1 is 1.06 bits per heavy atom. The standard InChI is InChI=1S/C14H13N3/c15-13-6-3-4-11-7-9-17(14(11)13)10-12-5-1-2-8-16-12/h1-9H,10,15H2. The molecule has 2 aromatic heterocycles. The summed E-state index contributed by atoms with van der Waals surface area (Å²) in [6, 6.07) is 14.0. The summed E-state index contributed by atoms with van der Waals surface area (Å²) in [7, 11) is 0. The number of hydrogen-bond acceptors (Lipinski definition) is 2. The van der Waals surface area contributed by atoms with E-state index < -0.39 is 0 Å². The van der Waals surface area contributed by atoms with E-state index >= 15 is 0 Å². The van der Waals surface area contributed by atoms with Crippen molar-refractivity contribution in [3.05, 3.63) is 60.6 Å². The second kappa shape index (κ2) is 3.94. The van der Waals surface area contributed by atoms with Gasteiger partial charge < -0.3 is 10.3 Å². The molecule has 0 spiro atoms. The zero-order valence-electron chi connectivity index (χ0n) is 9.38. The normalized spacial score (nSPS) is 10.8. The van der Waals surface area contributed by atoms with Gasteiger partial charge in [-0.1, -0.05) is 18.2 Å². The highest BCUT2D eigenvalue weighted by molar-refractivity contribution is 5.90. The van der Waals surface area contributed by atoms with Gasteiger partial charge in [0.15, 0.2) is 0 Å². The summed E-state index contributed by atoms with van der Waals surface area (Å²) in [5.41, 5.74) is 8.94. The molecule has 3 heteroatoms. The van der Waals surface area contributed by atoms with Gasteiger partial charge >= 0.3 is 0 Å². The molecule has 0 atom stereocenters. The third-order valence-electron chi connectivity index (χ3n) is 2.88. The van der Waals surface area contributed by atoms with E-state index in [1.165, 1.54) is 5.39 Å². The van der Waals surface area contributed by atoms with E-state index in [2.05, 4.69) is 27.9 Å². The van der Waals surface area contributed by atoms with Gasteiger partial charge in [-0.05, 0) is 24.3 Å². The van der Waals surface area contributed by atoms with Crippen LogP contribution in [0.1, 0.15) is 5.69 Å². The van der Waals surface area contributed by atoms with Crippen LogP contribution in [0.25, 0.3) is 10.9 Å². The number of hydrogen-bond donors (Lipinski definition) is 1. The van der Waals surface area contributed by atoms with Gasteiger partial charge in [0, 0.05) is 17.8 Å². The van der Waals surface area contributed by atoms with Crippen LogP contribution in [0, 0.1) is 0 Å². The van der Waals surface area contributed by atoms with E-state index in [0.717, 1.165) is 23.4 Å². The highest BCUT2D eigenvalue weighted by Crippen LogP contribution is 2.22. The second-order valence-corrected chi connectivity index (χ2v) is 4.05. The first kappa shape index (κ1) is 9.90. The van der Waals surface area contributed by atoms with Gasteiger partial charge in [-0.2, -0.15) is 0 Å². The Bertz CT molecular complexity index is 641. The number of aromatic nitrogens is 2. The van der Waals surface area contributed by atoms with Gasteiger partial charge in [0.1, 0.15) is 0 Å². The van der Waals surface area contributed by atoms with Crippen LogP contribution in [0.5, 0.6) is 0 Å². The Morgan fingerprint density at radius 3 is 2.82 bits per heavy atom. The zero-order chi connectivity index (χ0) is 11.7. The molecule has 2 heterocycles. The maximum atomic E-state index is 6.01. The van der Waals surface area contributed by atoms with Crippen molar-refractivity contribution in [3.8, 4) is 0 Å². The van der Waals surface area contributed by atoms with Crippen LogP contribution in [-0.2, 0) is 6.54 Å².